The number of carbonyl (C=O) groups excluding carboxylic acids is 1. The number of carbonyl (C=O) groups is 1. The van der Waals surface area contributed by atoms with Crippen LogP contribution >= 0.6 is 0 Å². The monoisotopic (exact) mass is 300 g/mol. The number of rotatable bonds is 6. The van der Waals surface area contributed by atoms with Crippen LogP contribution in [-0.2, 0) is 16.1 Å². The molecule has 6 heteroatoms. The zero-order valence-electron chi connectivity index (χ0n) is 11.8. The Hall–Kier alpha value is -1.85. The number of ether oxygens (including phenoxy) is 3. The summed E-state index contributed by atoms with van der Waals surface area (Å²) < 4.78 is 39.0. The van der Waals surface area contributed by atoms with Crippen molar-refractivity contribution >= 4 is 5.97 Å². The Kier molecular flexibility index (Phi) is 5.36. The average Bonchev–Trinajstić information content (AvgIpc) is 2.99. The Morgan fingerprint density at radius 1 is 1.29 bits per heavy atom. The first-order valence-electron chi connectivity index (χ1n) is 6.88. The molecule has 0 atom stereocenters. The molecule has 1 fully saturated rings. The minimum absolute atomic E-state index is 0.00617. The highest BCUT2D eigenvalue weighted by atomic mass is 19.3. The van der Waals surface area contributed by atoms with Crippen molar-refractivity contribution in [2.24, 2.45) is 5.92 Å². The molecule has 0 unspecified atom stereocenters. The van der Waals surface area contributed by atoms with E-state index in [9.17, 15) is 13.6 Å². The fraction of sp³-hybridized carbons (Fsp3) is 0.533. The normalized spacial score (nSPS) is 15.2. The van der Waals surface area contributed by atoms with Crippen molar-refractivity contribution in [3.63, 3.8) is 0 Å². The maximum Gasteiger partial charge on any atom is 0.387 e. The van der Waals surface area contributed by atoms with Gasteiger partial charge in [0.15, 0.2) is 11.5 Å². The highest BCUT2D eigenvalue weighted by molar-refractivity contribution is 5.72. The van der Waals surface area contributed by atoms with Gasteiger partial charge in [-0.05, 0) is 30.5 Å². The van der Waals surface area contributed by atoms with Gasteiger partial charge < -0.3 is 14.2 Å². The minimum atomic E-state index is -2.91. The zero-order valence-corrected chi connectivity index (χ0v) is 11.8. The molecule has 0 bridgehead atoms. The van der Waals surface area contributed by atoms with Gasteiger partial charge in [-0.25, -0.2) is 0 Å². The Bertz CT molecular complexity index is 485. The van der Waals surface area contributed by atoms with E-state index in [-0.39, 0.29) is 30.0 Å². The highest BCUT2D eigenvalue weighted by Crippen LogP contribution is 2.30. The topological polar surface area (TPSA) is 44.8 Å². The predicted molar refractivity (Wildman–Crippen MR) is 71.4 cm³/mol. The third-order valence-corrected chi connectivity index (χ3v) is 3.51. The molecule has 21 heavy (non-hydrogen) atoms. The van der Waals surface area contributed by atoms with E-state index in [2.05, 4.69) is 4.74 Å². The Morgan fingerprint density at radius 2 is 2.00 bits per heavy atom. The van der Waals surface area contributed by atoms with Crippen LogP contribution in [0, 0.1) is 5.92 Å². The molecule has 0 saturated heterocycles. The molecule has 0 N–H and O–H groups in total. The molecule has 0 amide bonds. The second-order valence-corrected chi connectivity index (χ2v) is 4.95. The lowest BCUT2D eigenvalue weighted by Crippen LogP contribution is -2.14. The van der Waals surface area contributed by atoms with Gasteiger partial charge in [0.25, 0.3) is 0 Å². The van der Waals surface area contributed by atoms with Gasteiger partial charge in [0, 0.05) is 0 Å². The maximum absolute atomic E-state index is 12.2. The first-order chi connectivity index (χ1) is 10.1. The van der Waals surface area contributed by atoms with Gasteiger partial charge >= 0.3 is 12.6 Å². The summed E-state index contributed by atoms with van der Waals surface area (Å²) >= 11 is 0. The van der Waals surface area contributed by atoms with Crippen molar-refractivity contribution in [1.82, 2.24) is 0 Å². The molecule has 116 valence electrons. The van der Waals surface area contributed by atoms with Crippen LogP contribution in [0.1, 0.15) is 31.2 Å². The predicted octanol–water partition coefficient (Wildman–Crippen LogP) is 3.53. The van der Waals surface area contributed by atoms with Crippen LogP contribution in [0.5, 0.6) is 11.5 Å². The van der Waals surface area contributed by atoms with Crippen molar-refractivity contribution in [1.29, 1.82) is 0 Å². The average molecular weight is 300 g/mol. The lowest BCUT2D eigenvalue weighted by Gasteiger charge is -2.13. The molecule has 0 heterocycles. The number of hydrogen-bond donors (Lipinski definition) is 0. The number of benzene rings is 1. The second kappa shape index (κ2) is 7.24. The van der Waals surface area contributed by atoms with Crippen LogP contribution in [0.3, 0.4) is 0 Å². The van der Waals surface area contributed by atoms with Crippen LogP contribution in [-0.4, -0.2) is 19.7 Å². The van der Waals surface area contributed by atoms with E-state index in [0.717, 1.165) is 25.7 Å². The summed E-state index contributed by atoms with van der Waals surface area (Å²) in [7, 11) is 1.36. The Morgan fingerprint density at radius 3 is 2.62 bits per heavy atom. The Labute approximate surface area is 122 Å². The fourth-order valence-corrected chi connectivity index (χ4v) is 2.43. The molecule has 0 aromatic heterocycles. The third-order valence-electron chi connectivity index (χ3n) is 3.51. The molecule has 0 spiro atoms. The lowest BCUT2D eigenvalue weighted by atomic mass is 10.1. The zero-order chi connectivity index (χ0) is 15.2. The van der Waals surface area contributed by atoms with Crippen molar-refractivity contribution in [3.8, 4) is 11.5 Å². The van der Waals surface area contributed by atoms with E-state index in [1.54, 1.807) is 6.07 Å². The third kappa shape index (κ3) is 4.31. The van der Waals surface area contributed by atoms with Crippen LogP contribution in [0.2, 0.25) is 0 Å². The van der Waals surface area contributed by atoms with Crippen LogP contribution in [0.15, 0.2) is 18.2 Å². The van der Waals surface area contributed by atoms with Crippen molar-refractivity contribution in [3.05, 3.63) is 23.8 Å². The number of hydrogen-bond acceptors (Lipinski definition) is 4. The molecule has 4 nitrogen and oxygen atoms in total. The number of halogens is 2. The van der Waals surface area contributed by atoms with E-state index in [1.807, 2.05) is 0 Å². The highest BCUT2D eigenvalue weighted by Gasteiger charge is 2.24. The lowest BCUT2D eigenvalue weighted by molar-refractivity contribution is -0.149. The van der Waals surface area contributed by atoms with E-state index in [0.29, 0.717) is 5.56 Å². The standard InChI is InChI=1S/C15H18F2O4/c1-19-13-8-10(6-7-12(13)21-15(16)17)9-20-14(18)11-4-2-3-5-11/h6-8,11,15H,2-5,9H2,1H3. The molecule has 1 aromatic rings. The van der Waals surface area contributed by atoms with Gasteiger partial charge in [-0.15, -0.1) is 0 Å². The van der Waals surface area contributed by atoms with Crippen LogP contribution in [0.25, 0.3) is 0 Å². The first-order valence-corrected chi connectivity index (χ1v) is 6.88. The smallest absolute Gasteiger partial charge is 0.387 e. The van der Waals surface area contributed by atoms with E-state index in [1.165, 1.54) is 19.2 Å². The fourth-order valence-electron chi connectivity index (χ4n) is 2.43. The number of methoxy groups -OCH3 is 1. The van der Waals surface area contributed by atoms with Gasteiger partial charge in [0.05, 0.1) is 13.0 Å². The van der Waals surface area contributed by atoms with Gasteiger partial charge in [-0.1, -0.05) is 18.9 Å². The molecule has 1 aliphatic carbocycles. The van der Waals surface area contributed by atoms with Gasteiger partial charge in [0.2, 0.25) is 0 Å². The molecular formula is C15H18F2O4. The van der Waals surface area contributed by atoms with Crippen molar-refractivity contribution < 1.29 is 27.8 Å². The summed E-state index contributed by atoms with van der Waals surface area (Å²) in [5.41, 5.74) is 0.666. The SMILES string of the molecule is COc1cc(COC(=O)C2CCCC2)ccc1OC(F)F. The largest absolute Gasteiger partial charge is 0.493 e. The molecule has 1 saturated carbocycles. The second-order valence-electron chi connectivity index (χ2n) is 4.95. The first kappa shape index (κ1) is 15.5. The van der Waals surface area contributed by atoms with E-state index >= 15 is 0 Å². The molecule has 2 rings (SSSR count). The quantitative estimate of drug-likeness (QED) is 0.754. The van der Waals surface area contributed by atoms with Gasteiger partial charge in [0.1, 0.15) is 6.61 Å². The number of alkyl halides is 2. The Balaban J connectivity index is 1.95. The summed E-state index contributed by atoms with van der Waals surface area (Å²) in [6.45, 7) is -2.81. The summed E-state index contributed by atoms with van der Waals surface area (Å²) in [4.78, 5) is 11.8. The summed E-state index contributed by atoms with van der Waals surface area (Å²) in [6.07, 6.45) is 3.88. The van der Waals surface area contributed by atoms with Gasteiger partial charge in [-0.2, -0.15) is 8.78 Å². The molecule has 0 aliphatic heterocycles. The summed E-state index contributed by atoms with van der Waals surface area (Å²) in [5.74, 6) is -0.0594. The molecular weight excluding hydrogens is 282 g/mol. The maximum atomic E-state index is 12.2. The van der Waals surface area contributed by atoms with Crippen molar-refractivity contribution in [2.45, 2.75) is 38.9 Å². The van der Waals surface area contributed by atoms with Crippen LogP contribution in [0.4, 0.5) is 8.78 Å². The summed E-state index contributed by atoms with van der Waals surface area (Å²) in [5, 5.41) is 0. The molecule has 1 aliphatic rings. The van der Waals surface area contributed by atoms with Crippen molar-refractivity contribution in [2.75, 3.05) is 7.11 Å². The van der Waals surface area contributed by atoms with Gasteiger partial charge in [-0.3, -0.25) is 4.79 Å². The minimum Gasteiger partial charge on any atom is -0.493 e. The van der Waals surface area contributed by atoms with E-state index < -0.39 is 6.61 Å². The summed E-state index contributed by atoms with van der Waals surface area (Å²) in [6, 6.07) is 4.48. The van der Waals surface area contributed by atoms with Crippen LogP contribution < -0.4 is 9.47 Å². The molecule has 1 aromatic carbocycles. The molecule has 0 radical (unpaired) electrons. The van der Waals surface area contributed by atoms with E-state index in [4.69, 9.17) is 9.47 Å². The number of esters is 1.